The first-order valence-electron chi connectivity index (χ1n) is 6.83. The van der Waals surface area contributed by atoms with E-state index in [4.69, 9.17) is 4.98 Å². The van der Waals surface area contributed by atoms with Gasteiger partial charge < -0.3 is 20.4 Å². The van der Waals surface area contributed by atoms with Crippen molar-refractivity contribution in [3.63, 3.8) is 0 Å². The molecule has 2 unspecified atom stereocenters. The maximum atomic E-state index is 9.73. The van der Waals surface area contributed by atoms with Crippen LogP contribution in [0.2, 0.25) is 0 Å². The molecule has 20 heavy (non-hydrogen) atoms. The standard InChI is InChI=1S/C15H19N3O2/c1-16-7-11-6-10-4-2-3-5-12(10)17-15(11)18-8-13(19)14(20)9-18/h2-6,13-14,16,19-20H,7-9H2,1H3. The maximum Gasteiger partial charge on any atom is 0.133 e. The number of nitrogens with zero attached hydrogens (tertiary/aromatic N) is 2. The van der Waals surface area contributed by atoms with Crippen LogP contribution in [0.25, 0.3) is 10.9 Å². The number of anilines is 1. The van der Waals surface area contributed by atoms with Crippen LogP contribution in [0.4, 0.5) is 5.82 Å². The fourth-order valence-corrected chi connectivity index (χ4v) is 2.69. The minimum Gasteiger partial charge on any atom is -0.389 e. The number of para-hydroxylation sites is 1. The highest BCUT2D eigenvalue weighted by Gasteiger charge is 2.31. The van der Waals surface area contributed by atoms with Gasteiger partial charge in [0, 0.05) is 30.6 Å². The summed E-state index contributed by atoms with van der Waals surface area (Å²) in [6.45, 7) is 1.54. The predicted molar refractivity (Wildman–Crippen MR) is 78.7 cm³/mol. The van der Waals surface area contributed by atoms with E-state index in [9.17, 15) is 10.2 Å². The van der Waals surface area contributed by atoms with Gasteiger partial charge in [-0.15, -0.1) is 0 Å². The van der Waals surface area contributed by atoms with Crippen molar-refractivity contribution in [2.75, 3.05) is 25.0 Å². The Kier molecular flexibility index (Phi) is 3.56. The molecule has 5 heteroatoms. The Balaban J connectivity index is 2.05. The largest absolute Gasteiger partial charge is 0.389 e. The normalized spacial score (nSPS) is 22.6. The lowest BCUT2D eigenvalue weighted by Crippen LogP contribution is -2.24. The molecule has 1 aromatic carbocycles. The van der Waals surface area contributed by atoms with E-state index in [1.807, 2.05) is 36.2 Å². The summed E-state index contributed by atoms with van der Waals surface area (Å²) in [5, 5.41) is 23.7. The van der Waals surface area contributed by atoms with E-state index < -0.39 is 12.2 Å². The van der Waals surface area contributed by atoms with Crippen LogP contribution in [-0.2, 0) is 6.54 Å². The minimum atomic E-state index is -0.703. The average Bonchev–Trinajstić information content (AvgIpc) is 2.78. The number of hydrogen-bond acceptors (Lipinski definition) is 5. The van der Waals surface area contributed by atoms with Crippen LogP contribution in [0, 0.1) is 0 Å². The molecule has 0 amide bonds. The third-order valence-electron chi connectivity index (χ3n) is 3.71. The molecule has 3 N–H and O–H groups in total. The number of benzene rings is 1. The highest BCUT2D eigenvalue weighted by atomic mass is 16.3. The number of aliphatic hydroxyl groups excluding tert-OH is 2. The lowest BCUT2D eigenvalue weighted by molar-refractivity contribution is 0.0572. The van der Waals surface area contributed by atoms with Gasteiger partial charge in [-0.05, 0) is 19.2 Å². The Bertz CT molecular complexity index is 607. The zero-order chi connectivity index (χ0) is 14.1. The van der Waals surface area contributed by atoms with Crippen LogP contribution < -0.4 is 10.2 Å². The van der Waals surface area contributed by atoms with E-state index >= 15 is 0 Å². The Labute approximate surface area is 117 Å². The van der Waals surface area contributed by atoms with Crippen molar-refractivity contribution in [3.05, 3.63) is 35.9 Å². The molecule has 0 radical (unpaired) electrons. The first kappa shape index (κ1) is 13.3. The highest BCUT2D eigenvalue weighted by molar-refractivity contribution is 5.81. The van der Waals surface area contributed by atoms with Gasteiger partial charge in [-0.1, -0.05) is 18.2 Å². The van der Waals surface area contributed by atoms with Crippen molar-refractivity contribution in [2.24, 2.45) is 0 Å². The van der Waals surface area contributed by atoms with E-state index in [2.05, 4.69) is 11.4 Å². The van der Waals surface area contributed by atoms with Crippen molar-refractivity contribution in [3.8, 4) is 0 Å². The first-order valence-corrected chi connectivity index (χ1v) is 6.83. The van der Waals surface area contributed by atoms with Crippen LogP contribution in [-0.4, -0.2) is 47.5 Å². The molecular weight excluding hydrogens is 254 g/mol. The van der Waals surface area contributed by atoms with Gasteiger partial charge in [-0.2, -0.15) is 0 Å². The average molecular weight is 273 g/mol. The van der Waals surface area contributed by atoms with E-state index in [0.717, 1.165) is 22.3 Å². The van der Waals surface area contributed by atoms with Gasteiger partial charge in [-0.25, -0.2) is 4.98 Å². The summed E-state index contributed by atoms with van der Waals surface area (Å²) in [5.41, 5.74) is 2.01. The van der Waals surface area contributed by atoms with E-state index in [1.54, 1.807) is 0 Å². The summed E-state index contributed by atoms with van der Waals surface area (Å²) in [6, 6.07) is 10.1. The van der Waals surface area contributed by atoms with E-state index in [-0.39, 0.29) is 0 Å². The van der Waals surface area contributed by atoms with Gasteiger partial charge in [0.25, 0.3) is 0 Å². The van der Waals surface area contributed by atoms with Crippen LogP contribution in [0.15, 0.2) is 30.3 Å². The number of fused-ring (bicyclic) bond motifs is 1. The molecule has 1 aliphatic heterocycles. The summed E-state index contributed by atoms with van der Waals surface area (Å²) < 4.78 is 0. The lowest BCUT2D eigenvalue weighted by Gasteiger charge is -2.21. The monoisotopic (exact) mass is 273 g/mol. The van der Waals surface area contributed by atoms with E-state index in [1.165, 1.54) is 0 Å². The lowest BCUT2D eigenvalue weighted by atomic mass is 10.1. The molecule has 2 aromatic rings. The number of hydrogen-bond donors (Lipinski definition) is 3. The molecule has 0 saturated carbocycles. The predicted octanol–water partition coefficient (Wildman–Crippen LogP) is 0.496. The van der Waals surface area contributed by atoms with Crippen molar-refractivity contribution < 1.29 is 10.2 Å². The quantitative estimate of drug-likeness (QED) is 0.759. The highest BCUT2D eigenvalue weighted by Crippen LogP contribution is 2.26. The molecule has 2 heterocycles. The second-order valence-corrected chi connectivity index (χ2v) is 5.23. The fourth-order valence-electron chi connectivity index (χ4n) is 2.69. The zero-order valence-electron chi connectivity index (χ0n) is 11.5. The number of pyridine rings is 1. The molecule has 1 aliphatic rings. The van der Waals surface area contributed by atoms with Crippen LogP contribution in [0.5, 0.6) is 0 Å². The topological polar surface area (TPSA) is 68.6 Å². The molecule has 3 rings (SSSR count). The van der Waals surface area contributed by atoms with E-state index in [0.29, 0.717) is 19.6 Å². The molecule has 0 aliphatic carbocycles. The summed E-state index contributed by atoms with van der Waals surface area (Å²) in [7, 11) is 1.90. The minimum absolute atomic E-state index is 0.420. The third-order valence-corrected chi connectivity index (χ3v) is 3.71. The van der Waals surface area contributed by atoms with Gasteiger partial charge in [-0.3, -0.25) is 0 Å². The summed E-state index contributed by atoms with van der Waals surface area (Å²) in [4.78, 5) is 6.66. The number of nitrogens with one attached hydrogen (secondary N) is 1. The Morgan fingerprint density at radius 2 is 1.95 bits per heavy atom. The molecule has 106 valence electrons. The molecule has 0 spiro atoms. The number of β-amino-alcohol motifs (C(OH)–C–C–N with tert-alkyl or cyclic N) is 2. The van der Waals surface area contributed by atoms with Gasteiger partial charge >= 0.3 is 0 Å². The second-order valence-electron chi connectivity index (χ2n) is 5.23. The molecule has 1 fully saturated rings. The SMILES string of the molecule is CNCc1cc2ccccc2nc1N1CC(O)C(O)C1. The van der Waals surface area contributed by atoms with Crippen LogP contribution in [0.3, 0.4) is 0 Å². The van der Waals surface area contributed by atoms with Crippen molar-refractivity contribution in [1.82, 2.24) is 10.3 Å². The van der Waals surface area contributed by atoms with Crippen LogP contribution in [0.1, 0.15) is 5.56 Å². The smallest absolute Gasteiger partial charge is 0.133 e. The zero-order valence-corrected chi connectivity index (χ0v) is 11.5. The molecule has 1 saturated heterocycles. The van der Waals surface area contributed by atoms with Gasteiger partial charge in [0.1, 0.15) is 5.82 Å². The van der Waals surface area contributed by atoms with Crippen molar-refractivity contribution >= 4 is 16.7 Å². The second kappa shape index (κ2) is 5.36. The molecule has 5 nitrogen and oxygen atoms in total. The van der Waals surface area contributed by atoms with Gasteiger partial charge in [0.15, 0.2) is 0 Å². The summed E-state index contributed by atoms with van der Waals surface area (Å²) in [5.74, 6) is 0.841. The number of aromatic nitrogens is 1. The molecular formula is C15H19N3O2. The van der Waals surface area contributed by atoms with Gasteiger partial charge in [0.2, 0.25) is 0 Å². The number of rotatable bonds is 3. The first-order chi connectivity index (χ1) is 9.69. The fraction of sp³-hybridized carbons (Fsp3) is 0.400. The summed E-state index contributed by atoms with van der Waals surface area (Å²) >= 11 is 0. The summed E-state index contributed by atoms with van der Waals surface area (Å²) in [6.07, 6.45) is -1.41. The number of aliphatic hydroxyl groups is 2. The third kappa shape index (κ3) is 2.35. The molecule has 0 bridgehead atoms. The Morgan fingerprint density at radius 3 is 2.65 bits per heavy atom. The van der Waals surface area contributed by atoms with Gasteiger partial charge in [0.05, 0.1) is 17.7 Å². The Morgan fingerprint density at radius 1 is 1.25 bits per heavy atom. The van der Waals surface area contributed by atoms with Crippen molar-refractivity contribution in [1.29, 1.82) is 0 Å². The van der Waals surface area contributed by atoms with Crippen molar-refractivity contribution in [2.45, 2.75) is 18.8 Å². The molecule has 2 atom stereocenters. The maximum absolute atomic E-state index is 9.73. The van der Waals surface area contributed by atoms with Crippen LogP contribution >= 0.6 is 0 Å². The Hall–Kier alpha value is -1.69. The molecule has 1 aromatic heterocycles.